The average Bonchev–Trinajstić information content (AvgIpc) is 2.75. The summed E-state index contributed by atoms with van der Waals surface area (Å²) in [4.78, 5) is 0. The molecule has 0 aromatic heterocycles. The molecule has 1 heterocycles. The number of rotatable bonds is 5. The molecule has 30 heavy (non-hydrogen) atoms. The Kier molecular flexibility index (Phi) is 7.87. The van der Waals surface area contributed by atoms with Gasteiger partial charge in [-0.1, -0.05) is 47.7 Å². The van der Waals surface area contributed by atoms with Crippen molar-refractivity contribution in [1.29, 1.82) is 0 Å². The third kappa shape index (κ3) is 5.20. The molecule has 2 aromatic rings. The number of ether oxygens (including phenoxy) is 2. The van der Waals surface area contributed by atoms with E-state index in [-0.39, 0.29) is 0 Å². The number of hydrogen-bond donors (Lipinski definition) is 4. The van der Waals surface area contributed by atoms with E-state index in [1.165, 1.54) is 0 Å². The van der Waals surface area contributed by atoms with Gasteiger partial charge in [-0.15, -0.1) is 0 Å². The van der Waals surface area contributed by atoms with Crippen LogP contribution in [-0.4, -0.2) is 65.2 Å². The predicted octanol–water partition coefficient (Wildman–Crippen LogP) is 1.44. The van der Waals surface area contributed by atoms with Gasteiger partial charge in [0.15, 0.2) is 0 Å². The molecule has 0 aliphatic carbocycles. The smallest absolute Gasteiger partial charge is 0.113 e. The number of methoxy groups -OCH3 is 1. The Labute approximate surface area is 180 Å². The minimum Gasteiger partial charge on any atom is -0.394 e. The van der Waals surface area contributed by atoms with Crippen LogP contribution in [-0.2, 0) is 15.9 Å². The Morgan fingerprint density at radius 3 is 2.43 bits per heavy atom. The van der Waals surface area contributed by atoms with Crippen molar-refractivity contribution in [3.05, 3.63) is 69.7 Å². The molecule has 2 aromatic carbocycles. The fourth-order valence-corrected chi connectivity index (χ4v) is 3.60. The highest BCUT2D eigenvalue weighted by atomic mass is 35.5. The summed E-state index contributed by atoms with van der Waals surface area (Å²) in [5.41, 5.74) is 3.34. The fraction of sp³-hybridized carbons (Fsp3) is 0.391. The lowest BCUT2D eigenvalue weighted by atomic mass is 9.90. The van der Waals surface area contributed by atoms with E-state index in [2.05, 4.69) is 11.8 Å². The van der Waals surface area contributed by atoms with Gasteiger partial charge in [0.05, 0.1) is 6.61 Å². The highest BCUT2D eigenvalue weighted by molar-refractivity contribution is 6.31. The van der Waals surface area contributed by atoms with E-state index < -0.39 is 37.1 Å². The van der Waals surface area contributed by atoms with E-state index in [9.17, 15) is 20.4 Å². The van der Waals surface area contributed by atoms with Crippen molar-refractivity contribution >= 4 is 11.6 Å². The Morgan fingerprint density at radius 2 is 1.77 bits per heavy atom. The van der Waals surface area contributed by atoms with Gasteiger partial charge >= 0.3 is 0 Å². The summed E-state index contributed by atoms with van der Waals surface area (Å²) in [6.45, 7) is -0.0936. The summed E-state index contributed by atoms with van der Waals surface area (Å²) >= 11 is 6.38. The highest BCUT2D eigenvalue weighted by Crippen LogP contribution is 2.34. The third-order valence-corrected chi connectivity index (χ3v) is 5.46. The van der Waals surface area contributed by atoms with E-state index in [4.69, 9.17) is 21.1 Å². The summed E-state index contributed by atoms with van der Waals surface area (Å²) in [6.07, 6.45) is -5.45. The van der Waals surface area contributed by atoms with Crippen LogP contribution in [0.25, 0.3) is 0 Å². The lowest BCUT2D eigenvalue weighted by molar-refractivity contribution is -0.231. The number of benzene rings is 2. The van der Waals surface area contributed by atoms with Crippen LogP contribution >= 0.6 is 11.6 Å². The molecular formula is C23H25ClO6. The quantitative estimate of drug-likeness (QED) is 0.534. The minimum absolute atomic E-state index is 0.377. The lowest BCUT2D eigenvalue weighted by Crippen LogP contribution is -2.55. The van der Waals surface area contributed by atoms with Crippen molar-refractivity contribution in [2.45, 2.75) is 36.9 Å². The topological polar surface area (TPSA) is 99.4 Å². The molecule has 160 valence electrons. The van der Waals surface area contributed by atoms with Crippen LogP contribution in [0.1, 0.15) is 28.4 Å². The normalized spacial score (nSPS) is 26.1. The zero-order valence-electron chi connectivity index (χ0n) is 16.5. The molecule has 3 rings (SSSR count). The summed E-state index contributed by atoms with van der Waals surface area (Å²) in [5.74, 6) is 5.92. The van der Waals surface area contributed by atoms with Crippen LogP contribution in [0.3, 0.4) is 0 Å². The molecule has 6 nitrogen and oxygen atoms in total. The molecule has 0 spiro atoms. The van der Waals surface area contributed by atoms with Crippen LogP contribution in [0.5, 0.6) is 0 Å². The van der Waals surface area contributed by atoms with Gasteiger partial charge in [-0.2, -0.15) is 0 Å². The van der Waals surface area contributed by atoms with Crippen molar-refractivity contribution in [2.24, 2.45) is 0 Å². The van der Waals surface area contributed by atoms with Crippen molar-refractivity contribution in [1.82, 2.24) is 0 Å². The van der Waals surface area contributed by atoms with E-state index in [0.29, 0.717) is 23.6 Å². The predicted molar refractivity (Wildman–Crippen MR) is 112 cm³/mol. The fourth-order valence-electron chi connectivity index (χ4n) is 3.42. The van der Waals surface area contributed by atoms with Gasteiger partial charge in [0.1, 0.15) is 37.1 Å². The second kappa shape index (κ2) is 10.4. The van der Waals surface area contributed by atoms with E-state index in [0.717, 1.165) is 16.7 Å². The first-order chi connectivity index (χ1) is 14.4. The van der Waals surface area contributed by atoms with Gasteiger partial charge in [-0.05, 0) is 41.3 Å². The van der Waals surface area contributed by atoms with Gasteiger partial charge in [-0.25, -0.2) is 0 Å². The number of aliphatic hydroxyl groups is 4. The molecule has 1 aliphatic rings. The zero-order valence-corrected chi connectivity index (χ0v) is 17.3. The lowest BCUT2D eigenvalue weighted by Gasteiger charge is -2.40. The monoisotopic (exact) mass is 432 g/mol. The maximum absolute atomic E-state index is 10.4. The zero-order chi connectivity index (χ0) is 21.7. The van der Waals surface area contributed by atoms with Crippen molar-refractivity contribution in [3.63, 3.8) is 0 Å². The van der Waals surface area contributed by atoms with Crippen LogP contribution in [0.2, 0.25) is 5.02 Å². The molecular weight excluding hydrogens is 408 g/mol. The molecule has 1 aliphatic heterocycles. The standard InChI is InChI=1S/C23H25ClO6/c1-29-10-2-3-14-4-6-15(7-5-14)11-17-12-16(8-9-18(17)24)23-22(28)21(27)20(26)19(13-25)30-23/h4-9,12,19-23,25-28H,10-11,13H2,1H3/t19-,20-,21+,22-,23+/m1/s1. The summed E-state index contributed by atoms with van der Waals surface area (Å²) in [7, 11) is 1.60. The van der Waals surface area contributed by atoms with Crippen LogP contribution in [0.4, 0.5) is 0 Å². The molecule has 1 saturated heterocycles. The molecule has 0 saturated carbocycles. The van der Waals surface area contributed by atoms with Crippen molar-refractivity contribution < 1.29 is 29.9 Å². The molecule has 4 N–H and O–H groups in total. The third-order valence-electron chi connectivity index (χ3n) is 5.09. The van der Waals surface area contributed by atoms with Crippen molar-refractivity contribution in [2.75, 3.05) is 20.3 Å². The highest BCUT2D eigenvalue weighted by Gasteiger charge is 2.43. The number of halogens is 1. The van der Waals surface area contributed by atoms with Crippen molar-refractivity contribution in [3.8, 4) is 11.8 Å². The molecule has 5 atom stereocenters. The molecule has 1 fully saturated rings. The van der Waals surface area contributed by atoms with Crippen LogP contribution in [0, 0.1) is 11.8 Å². The van der Waals surface area contributed by atoms with Gasteiger partial charge in [0.2, 0.25) is 0 Å². The van der Waals surface area contributed by atoms with E-state index >= 15 is 0 Å². The first-order valence-electron chi connectivity index (χ1n) is 9.60. The Bertz CT molecular complexity index is 902. The van der Waals surface area contributed by atoms with E-state index in [1.807, 2.05) is 24.3 Å². The number of aliphatic hydroxyl groups excluding tert-OH is 4. The van der Waals surface area contributed by atoms with E-state index in [1.54, 1.807) is 25.3 Å². The summed E-state index contributed by atoms with van der Waals surface area (Å²) < 4.78 is 10.6. The van der Waals surface area contributed by atoms with Crippen LogP contribution in [0.15, 0.2) is 42.5 Å². The maximum Gasteiger partial charge on any atom is 0.113 e. The molecule has 0 unspecified atom stereocenters. The Hall–Kier alpha value is -1.95. The van der Waals surface area contributed by atoms with Gasteiger partial charge < -0.3 is 29.9 Å². The molecule has 7 heteroatoms. The molecule has 0 bridgehead atoms. The van der Waals surface area contributed by atoms with Gasteiger partial charge in [0.25, 0.3) is 0 Å². The summed E-state index contributed by atoms with van der Waals surface area (Å²) in [6, 6.07) is 13.0. The first kappa shape index (κ1) is 22.7. The Balaban J connectivity index is 1.79. The first-order valence-corrected chi connectivity index (χ1v) is 9.98. The summed E-state index contributed by atoms with van der Waals surface area (Å²) in [5, 5.41) is 40.4. The maximum atomic E-state index is 10.4. The van der Waals surface area contributed by atoms with Crippen LogP contribution < -0.4 is 0 Å². The largest absolute Gasteiger partial charge is 0.394 e. The minimum atomic E-state index is -1.42. The van der Waals surface area contributed by atoms with Gasteiger partial charge in [-0.3, -0.25) is 0 Å². The Morgan fingerprint density at radius 1 is 1.03 bits per heavy atom. The SMILES string of the molecule is COCC#Cc1ccc(Cc2cc([C@@H]3O[C@H](CO)[C@@H](O)[C@H](O)[C@H]3O)ccc2Cl)cc1. The second-order valence-corrected chi connectivity index (χ2v) is 7.62. The molecule has 0 amide bonds. The van der Waals surface area contributed by atoms with Gasteiger partial charge in [0, 0.05) is 17.7 Å². The average molecular weight is 433 g/mol. The number of hydrogen-bond acceptors (Lipinski definition) is 6. The second-order valence-electron chi connectivity index (χ2n) is 7.21. The molecule has 0 radical (unpaired) electrons.